The van der Waals surface area contributed by atoms with E-state index in [0.29, 0.717) is 11.4 Å². The molecule has 17 heavy (non-hydrogen) atoms. The molecular formula is C12H19NO3S. The molecule has 0 aliphatic carbocycles. The lowest BCUT2D eigenvalue weighted by Gasteiger charge is -2.15. The second-order valence-corrected chi connectivity index (χ2v) is 6.34. The van der Waals surface area contributed by atoms with Crippen molar-refractivity contribution in [3.05, 3.63) is 29.8 Å². The Balaban J connectivity index is 2.74. The molecule has 4 nitrogen and oxygen atoms in total. The van der Waals surface area contributed by atoms with Gasteiger partial charge in [0.2, 0.25) is 0 Å². The van der Waals surface area contributed by atoms with Gasteiger partial charge in [0, 0.05) is 18.8 Å². The van der Waals surface area contributed by atoms with E-state index in [9.17, 15) is 8.42 Å². The zero-order chi connectivity index (χ0) is 13.1. The number of hydrogen-bond acceptors (Lipinski definition) is 4. The highest BCUT2D eigenvalue weighted by atomic mass is 32.2. The average Bonchev–Trinajstić information content (AvgIpc) is 2.25. The lowest BCUT2D eigenvalue weighted by Crippen LogP contribution is -2.27. The first-order valence-corrected chi connectivity index (χ1v) is 7.41. The number of aliphatic hydroxyl groups is 1. The SMILES string of the molecule is CC(O)CNC(C)c1ccc(S(C)(=O)=O)cc1. The van der Waals surface area contributed by atoms with E-state index in [4.69, 9.17) is 5.11 Å². The minimum absolute atomic E-state index is 0.0817. The molecule has 5 heteroatoms. The Kier molecular flexibility index (Phi) is 4.68. The molecule has 0 spiro atoms. The van der Waals surface area contributed by atoms with E-state index in [-0.39, 0.29) is 6.04 Å². The molecule has 96 valence electrons. The standard InChI is InChI=1S/C12H19NO3S/c1-9(14)8-13-10(2)11-4-6-12(7-5-11)17(3,15)16/h4-7,9-10,13-14H,8H2,1-3H3. The summed E-state index contributed by atoms with van der Waals surface area (Å²) < 4.78 is 22.6. The van der Waals surface area contributed by atoms with Gasteiger partial charge in [0.05, 0.1) is 11.0 Å². The summed E-state index contributed by atoms with van der Waals surface area (Å²) in [6, 6.07) is 6.86. The zero-order valence-electron chi connectivity index (χ0n) is 10.3. The lowest BCUT2D eigenvalue weighted by molar-refractivity contribution is 0.187. The molecule has 2 N–H and O–H groups in total. The molecule has 0 aliphatic heterocycles. The zero-order valence-corrected chi connectivity index (χ0v) is 11.2. The normalized spacial score (nSPS) is 15.5. The van der Waals surface area contributed by atoms with Crippen LogP contribution in [0.3, 0.4) is 0 Å². The van der Waals surface area contributed by atoms with Crippen molar-refractivity contribution in [1.82, 2.24) is 5.32 Å². The highest BCUT2D eigenvalue weighted by Crippen LogP contribution is 2.16. The molecule has 0 saturated carbocycles. The highest BCUT2D eigenvalue weighted by molar-refractivity contribution is 7.90. The van der Waals surface area contributed by atoms with Gasteiger partial charge in [0.1, 0.15) is 0 Å². The second-order valence-electron chi connectivity index (χ2n) is 4.32. The van der Waals surface area contributed by atoms with Gasteiger partial charge in [-0.3, -0.25) is 0 Å². The van der Waals surface area contributed by atoms with Crippen LogP contribution in [0.15, 0.2) is 29.2 Å². The maximum Gasteiger partial charge on any atom is 0.175 e. The van der Waals surface area contributed by atoms with E-state index in [1.807, 2.05) is 6.92 Å². The van der Waals surface area contributed by atoms with Crippen LogP contribution >= 0.6 is 0 Å². The summed E-state index contributed by atoms with van der Waals surface area (Å²) in [5, 5.41) is 12.3. The van der Waals surface area contributed by atoms with Crippen LogP contribution < -0.4 is 5.32 Å². The number of nitrogens with one attached hydrogen (secondary N) is 1. The molecule has 0 saturated heterocycles. The van der Waals surface area contributed by atoms with Crippen LogP contribution in [-0.4, -0.2) is 32.4 Å². The van der Waals surface area contributed by atoms with Crippen LogP contribution in [0.1, 0.15) is 25.5 Å². The molecule has 0 fully saturated rings. The third-order valence-corrected chi connectivity index (χ3v) is 3.66. The van der Waals surface area contributed by atoms with Gasteiger partial charge in [-0.05, 0) is 31.5 Å². The van der Waals surface area contributed by atoms with Crippen molar-refractivity contribution in [3.8, 4) is 0 Å². The summed E-state index contributed by atoms with van der Waals surface area (Å²) in [4.78, 5) is 0.323. The topological polar surface area (TPSA) is 66.4 Å². The number of benzene rings is 1. The van der Waals surface area contributed by atoms with Crippen LogP contribution in [0.25, 0.3) is 0 Å². The maximum absolute atomic E-state index is 11.3. The van der Waals surface area contributed by atoms with Crippen LogP contribution in [0.4, 0.5) is 0 Å². The van der Waals surface area contributed by atoms with Crippen molar-refractivity contribution in [2.24, 2.45) is 0 Å². The van der Waals surface area contributed by atoms with Crippen molar-refractivity contribution < 1.29 is 13.5 Å². The molecule has 2 atom stereocenters. The van der Waals surface area contributed by atoms with Crippen molar-refractivity contribution in [2.45, 2.75) is 30.9 Å². The van der Waals surface area contributed by atoms with Gasteiger partial charge in [0.15, 0.2) is 9.84 Å². The molecule has 1 rings (SSSR count). The van der Waals surface area contributed by atoms with Crippen molar-refractivity contribution in [1.29, 1.82) is 0 Å². The molecule has 0 aromatic heterocycles. The van der Waals surface area contributed by atoms with Crippen LogP contribution in [-0.2, 0) is 9.84 Å². The Bertz CT molecular complexity index is 451. The molecule has 0 bridgehead atoms. The maximum atomic E-state index is 11.3. The second kappa shape index (κ2) is 5.62. The Morgan fingerprint density at radius 1 is 1.24 bits per heavy atom. The van der Waals surface area contributed by atoms with E-state index in [1.165, 1.54) is 6.26 Å². The van der Waals surface area contributed by atoms with Crippen molar-refractivity contribution in [3.63, 3.8) is 0 Å². The molecule has 0 heterocycles. The van der Waals surface area contributed by atoms with Gasteiger partial charge < -0.3 is 10.4 Å². The third kappa shape index (κ3) is 4.46. The van der Waals surface area contributed by atoms with Gasteiger partial charge in [-0.2, -0.15) is 0 Å². The molecule has 1 aromatic carbocycles. The first kappa shape index (κ1) is 14.2. The van der Waals surface area contributed by atoms with Gasteiger partial charge >= 0.3 is 0 Å². The van der Waals surface area contributed by atoms with Crippen LogP contribution in [0.2, 0.25) is 0 Å². The summed E-state index contributed by atoms with van der Waals surface area (Å²) in [7, 11) is -3.13. The highest BCUT2D eigenvalue weighted by Gasteiger charge is 2.09. The Hall–Kier alpha value is -0.910. The molecule has 2 unspecified atom stereocenters. The smallest absolute Gasteiger partial charge is 0.175 e. The summed E-state index contributed by atoms with van der Waals surface area (Å²) in [6.45, 7) is 4.19. The average molecular weight is 257 g/mol. The quantitative estimate of drug-likeness (QED) is 0.829. The predicted molar refractivity (Wildman–Crippen MR) is 67.7 cm³/mol. The Morgan fingerprint density at radius 3 is 2.18 bits per heavy atom. The van der Waals surface area contributed by atoms with E-state index in [0.717, 1.165) is 5.56 Å². The number of sulfone groups is 1. The fourth-order valence-electron chi connectivity index (χ4n) is 1.47. The minimum Gasteiger partial charge on any atom is -0.392 e. The first-order chi connectivity index (χ1) is 7.80. The van der Waals surface area contributed by atoms with Crippen LogP contribution in [0, 0.1) is 0 Å². The number of hydrogen-bond donors (Lipinski definition) is 2. The monoisotopic (exact) mass is 257 g/mol. The van der Waals surface area contributed by atoms with E-state index >= 15 is 0 Å². The summed E-state index contributed by atoms with van der Waals surface area (Å²) in [5.41, 5.74) is 0.998. The fourth-order valence-corrected chi connectivity index (χ4v) is 2.10. The molecule has 0 aliphatic rings. The van der Waals surface area contributed by atoms with Gasteiger partial charge in [-0.25, -0.2) is 8.42 Å². The third-order valence-electron chi connectivity index (χ3n) is 2.53. The van der Waals surface area contributed by atoms with Gasteiger partial charge in [0.25, 0.3) is 0 Å². The van der Waals surface area contributed by atoms with Crippen molar-refractivity contribution >= 4 is 9.84 Å². The fraction of sp³-hybridized carbons (Fsp3) is 0.500. The number of rotatable bonds is 5. The Morgan fingerprint density at radius 2 is 1.76 bits per heavy atom. The van der Waals surface area contributed by atoms with Gasteiger partial charge in [-0.15, -0.1) is 0 Å². The van der Waals surface area contributed by atoms with Crippen LogP contribution in [0.5, 0.6) is 0 Å². The molecule has 0 amide bonds. The lowest BCUT2D eigenvalue weighted by atomic mass is 10.1. The summed E-state index contributed by atoms with van der Waals surface area (Å²) >= 11 is 0. The molecule has 1 aromatic rings. The van der Waals surface area contributed by atoms with E-state index < -0.39 is 15.9 Å². The summed E-state index contributed by atoms with van der Waals surface area (Å²) in [6.07, 6.45) is 0.796. The van der Waals surface area contributed by atoms with E-state index in [1.54, 1.807) is 31.2 Å². The van der Waals surface area contributed by atoms with Gasteiger partial charge in [-0.1, -0.05) is 12.1 Å². The predicted octanol–water partition coefficient (Wildman–Crippen LogP) is 1.12. The minimum atomic E-state index is -3.13. The molecular weight excluding hydrogens is 238 g/mol. The molecule has 0 radical (unpaired) electrons. The van der Waals surface area contributed by atoms with E-state index in [2.05, 4.69) is 5.32 Å². The Labute approximate surface area is 103 Å². The van der Waals surface area contributed by atoms with Crippen molar-refractivity contribution in [2.75, 3.05) is 12.8 Å². The summed E-state index contributed by atoms with van der Waals surface area (Å²) in [5.74, 6) is 0. The first-order valence-electron chi connectivity index (χ1n) is 5.52. The largest absolute Gasteiger partial charge is 0.392 e. The number of aliphatic hydroxyl groups excluding tert-OH is 1.